The Morgan fingerprint density at radius 3 is 2.57 bits per heavy atom. The van der Waals surface area contributed by atoms with Gasteiger partial charge in [0.05, 0.1) is 12.9 Å². The smallest absolute Gasteiger partial charge is 0.0895 e. The van der Waals surface area contributed by atoms with Gasteiger partial charge in [0.25, 0.3) is 0 Å². The van der Waals surface area contributed by atoms with Crippen molar-refractivity contribution >= 4 is 11.6 Å². The van der Waals surface area contributed by atoms with Gasteiger partial charge in [0, 0.05) is 12.3 Å². The van der Waals surface area contributed by atoms with E-state index in [4.69, 9.17) is 16.3 Å². The molecule has 0 fully saturated rings. The van der Waals surface area contributed by atoms with Crippen LogP contribution >= 0.6 is 11.6 Å². The molecule has 0 atom stereocenters. The third kappa shape index (κ3) is 3.67. The van der Waals surface area contributed by atoms with Gasteiger partial charge in [-0.15, -0.1) is 11.6 Å². The minimum absolute atomic E-state index is 0.590. The summed E-state index contributed by atoms with van der Waals surface area (Å²) in [6.07, 6.45) is 0.748. The molecule has 1 nitrogen and oxygen atoms in total. The zero-order valence-electron chi connectivity index (χ0n) is 4.41. The molecular formula is C5H9ClO. The molecule has 0 radical (unpaired) electrons. The topological polar surface area (TPSA) is 9.23 Å². The molecule has 0 rings (SSSR count). The Morgan fingerprint density at radius 2 is 2.43 bits per heavy atom. The molecule has 0 saturated heterocycles. The molecule has 0 aromatic heterocycles. The van der Waals surface area contributed by atoms with Crippen LogP contribution in [-0.2, 0) is 4.74 Å². The minimum atomic E-state index is 0.590. The first-order valence-corrected chi connectivity index (χ1v) is 2.62. The summed E-state index contributed by atoms with van der Waals surface area (Å²) in [4.78, 5) is 0. The Kier molecular flexibility index (Phi) is 3.90. The van der Waals surface area contributed by atoms with E-state index >= 15 is 0 Å². The zero-order chi connectivity index (χ0) is 5.70. The molecule has 0 unspecified atom stereocenters. The SMILES string of the molecule is C=C(CCCl)OC. The third-order valence-corrected chi connectivity index (χ3v) is 0.851. The summed E-state index contributed by atoms with van der Waals surface area (Å²) in [5.74, 6) is 1.34. The Morgan fingerprint density at radius 1 is 1.86 bits per heavy atom. The van der Waals surface area contributed by atoms with Gasteiger partial charge in [0.15, 0.2) is 0 Å². The molecule has 0 aliphatic rings. The quantitative estimate of drug-likeness (QED) is 0.408. The van der Waals surface area contributed by atoms with Crippen molar-refractivity contribution in [3.8, 4) is 0 Å². The van der Waals surface area contributed by atoms with E-state index in [1.54, 1.807) is 7.11 Å². The monoisotopic (exact) mass is 120 g/mol. The summed E-state index contributed by atoms with van der Waals surface area (Å²) >= 11 is 5.33. The zero-order valence-corrected chi connectivity index (χ0v) is 5.16. The van der Waals surface area contributed by atoms with E-state index in [-0.39, 0.29) is 0 Å². The molecule has 0 amide bonds. The Hall–Kier alpha value is -0.170. The second-order valence-electron chi connectivity index (χ2n) is 1.18. The maximum atomic E-state index is 5.33. The number of methoxy groups -OCH3 is 1. The van der Waals surface area contributed by atoms with Crippen molar-refractivity contribution in [3.05, 3.63) is 12.3 Å². The van der Waals surface area contributed by atoms with Gasteiger partial charge in [-0.3, -0.25) is 0 Å². The van der Waals surface area contributed by atoms with Crippen molar-refractivity contribution in [2.75, 3.05) is 13.0 Å². The molecule has 0 aromatic rings. The Labute approximate surface area is 48.9 Å². The van der Waals surface area contributed by atoms with Crippen molar-refractivity contribution < 1.29 is 4.74 Å². The van der Waals surface area contributed by atoms with E-state index in [1.165, 1.54) is 0 Å². The lowest BCUT2D eigenvalue weighted by atomic mass is 10.4. The number of allylic oxidation sites excluding steroid dienone is 1. The molecule has 0 aliphatic carbocycles. The summed E-state index contributed by atoms with van der Waals surface area (Å²) in [6, 6.07) is 0. The predicted octanol–water partition coefficient (Wildman–Crippen LogP) is 1.78. The highest BCUT2D eigenvalue weighted by Gasteiger charge is 1.85. The summed E-state index contributed by atoms with van der Waals surface area (Å²) in [5.41, 5.74) is 0. The van der Waals surface area contributed by atoms with Crippen LogP contribution < -0.4 is 0 Å². The van der Waals surface area contributed by atoms with Gasteiger partial charge in [-0.1, -0.05) is 6.58 Å². The fourth-order valence-corrected chi connectivity index (χ4v) is 0.418. The molecular weight excluding hydrogens is 112 g/mol. The molecule has 0 heterocycles. The summed E-state index contributed by atoms with van der Waals surface area (Å²) in [7, 11) is 1.59. The molecule has 0 saturated carbocycles. The van der Waals surface area contributed by atoms with Gasteiger partial charge in [-0.25, -0.2) is 0 Å². The summed E-state index contributed by atoms with van der Waals surface area (Å²) in [6.45, 7) is 3.56. The first kappa shape index (κ1) is 6.83. The number of alkyl halides is 1. The number of ether oxygens (including phenoxy) is 1. The molecule has 0 aliphatic heterocycles. The van der Waals surface area contributed by atoms with Gasteiger partial charge in [-0.05, 0) is 0 Å². The Bertz CT molecular complexity index is 61.1. The van der Waals surface area contributed by atoms with Crippen LogP contribution in [-0.4, -0.2) is 13.0 Å². The summed E-state index contributed by atoms with van der Waals surface area (Å²) in [5, 5.41) is 0. The highest BCUT2D eigenvalue weighted by atomic mass is 35.5. The van der Waals surface area contributed by atoms with Crippen molar-refractivity contribution in [2.45, 2.75) is 6.42 Å². The summed E-state index contributed by atoms with van der Waals surface area (Å²) < 4.78 is 4.71. The standard InChI is InChI=1S/C5H9ClO/c1-5(7-2)3-4-6/h1,3-4H2,2H3. The lowest BCUT2D eigenvalue weighted by Crippen LogP contribution is -1.83. The van der Waals surface area contributed by atoms with Crippen LogP contribution in [0.3, 0.4) is 0 Å². The fourth-order valence-electron chi connectivity index (χ4n) is 0.207. The van der Waals surface area contributed by atoms with Gasteiger partial charge in [-0.2, -0.15) is 0 Å². The van der Waals surface area contributed by atoms with Gasteiger partial charge >= 0.3 is 0 Å². The fraction of sp³-hybridized carbons (Fsp3) is 0.600. The van der Waals surface area contributed by atoms with Crippen molar-refractivity contribution in [1.82, 2.24) is 0 Å². The number of hydrogen-bond donors (Lipinski definition) is 0. The highest BCUT2D eigenvalue weighted by Crippen LogP contribution is 1.97. The van der Waals surface area contributed by atoms with Crippen molar-refractivity contribution in [3.63, 3.8) is 0 Å². The second-order valence-corrected chi connectivity index (χ2v) is 1.56. The predicted molar refractivity (Wildman–Crippen MR) is 31.5 cm³/mol. The van der Waals surface area contributed by atoms with Gasteiger partial charge in [0.2, 0.25) is 0 Å². The average Bonchev–Trinajstić information content (AvgIpc) is 1.68. The lowest BCUT2D eigenvalue weighted by Gasteiger charge is -1.97. The van der Waals surface area contributed by atoms with Crippen LogP contribution in [0.4, 0.5) is 0 Å². The number of rotatable bonds is 3. The van der Waals surface area contributed by atoms with Crippen LogP contribution in [0.5, 0.6) is 0 Å². The van der Waals surface area contributed by atoms with Crippen LogP contribution in [0.2, 0.25) is 0 Å². The first-order valence-electron chi connectivity index (χ1n) is 2.09. The lowest BCUT2D eigenvalue weighted by molar-refractivity contribution is 0.283. The van der Waals surface area contributed by atoms with Gasteiger partial charge < -0.3 is 4.74 Å². The molecule has 42 valence electrons. The Balaban J connectivity index is 3.00. The van der Waals surface area contributed by atoms with Gasteiger partial charge in [0.1, 0.15) is 0 Å². The third-order valence-electron chi connectivity index (χ3n) is 0.662. The maximum Gasteiger partial charge on any atom is 0.0895 e. The first-order chi connectivity index (χ1) is 3.31. The molecule has 0 spiro atoms. The van der Waals surface area contributed by atoms with Crippen LogP contribution in [0.15, 0.2) is 12.3 Å². The molecule has 2 heteroatoms. The maximum absolute atomic E-state index is 5.33. The van der Waals surface area contributed by atoms with E-state index in [0.29, 0.717) is 5.88 Å². The van der Waals surface area contributed by atoms with Crippen LogP contribution in [0.25, 0.3) is 0 Å². The second kappa shape index (κ2) is 4.00. The number of halogens is 1. The molecule has 0 aromatic carbocycles. The molecule has 7 heavy (non-hydrogen) atoms. The van der Waals surface area contributed by atoms with E-state index in [9.17, 15) is 0 Å². The molecule has 0 N–H and O–H groups in total. The van der Waals surface area contributed by atoms with Crippen molar-refractivity contribution in [1.29, 1.82) is 0 Å². The van der Waals surface area contributed by atoms with E-state index < -0.39 is 0 Å². The molecule has 0 bridgehead atoms. The highest BCUT2D eigenvalue weighted by molar-refractivity contribution is 6.17. The average molecular weight is 121 g/mol. The largest absolute Gasteiger partial charge is 0.502 e. The minimum Gasteiger partial charge on any atom is -0.502 e. The van der Waals surface area contributed by atoms with E-state index in [1.807, 2.05) is 0 Å². The van der Waals surface area contributed by atoms with Crippen molar-refractivity contribution in [2.24, 2.45) is 0 Å². The normalized spacial score (nSPS) is 8.29. The van der Waals surface area contributed by atoms with E-state index in [2.05, 4.69) is 6.58 Å². The number of hydrogen-bond acceptors (Lipinski definition) is 1. The van der Waals surface area contributed by atoms with Crippen LogP contribution in [0.1, 0.15) is 6.42 Å². The van der Waals surface area contributed by atoms with E-state index in [0.717, 1.165) is 12.2 Å². The van der Waals surface area contributed by atoms with Crippen LogP contribution in [0, 0.1) is 0 Å².